The second-order valence-electron chi connectivity index (χ2n) is 3.78. The number of carbonyl (C=O) groups excluding carboxylic acids is 1. The average molecular weight is 252 g/mol. The molecule has 1 aliphatic rings. The smallest absolute Gasteiger partial charge is 0.302 e. The second-order valence-corrected chi connectivity index (χ2v) is 3.78. The maximum absolute atomic E-state index is 11.0. The monoisotopic (exact) mass is 252 g/mol. The third-order valence-corrected chi connectivity index (χ3v) is 2.66. The maximum Gasteiger partial charge on any atom is 0.302 e. The minimum atomic E-state index is -0.907. The second kappa shape index (κ2) is 4.96. The van der Waals surface area contributed by atoms with Gasteiger partial charge in [-0.3, -0.25) is 14.9 Å². The molecule has 0 bridgehead atoms. The highest BCUT2D eigenvalue weighted by Crippen LogP contribution is 2.23. The number of nitro groups is 1. The van der Waals surface area contributed by atoms with Gasteiger partial charge in [0, 0.05) is 19.2 Å². The number of aromatic nitrogens is 1. The first kappa shape index (κ1) is 12.2. The summed E-state index contributed by atoms with van der Waals surface area (Å²) >= 11 is 0. The van der Waals surface area contributed by atoms with Crippen LogP contribution >= 0.6 is 0 Å². The summed E-state index contributed by atoms with van der Waals surface area (Å²) in [6.45, 7) is 2.39. The summed E-state index contributed by atoms with van der Waals surface area (Å²) in [5.74, 6) is -0.907. The minimum absolute atomic E-state index is 0.322. The van der Waals surface area contributed by atoms with E-state index in [4.69, 9.17) is 10.5 Å². The van der Waals surface area contributed by atoms with Crippen LogP contribution in [0.1, 0.15) is 10.5 Å². The number of morpholine rings is 1. The van der Waals surface area contributed by atoms with E-state index in [1.165, 1.54) is 12.3 Å². The third kappa shape index (κ3) is 2.38. The molecule has 2 heterocycles. The van der Waals surface area contributed by atoms with E-state index in [2.05, 4.69) is 4.98 Å². The van der Waals surface area contributed by atoms with Crippen LogP contribution in [0, 0.1) is 10.1 Å². The predicted molar refractivity (Wildman–Crippen MR) is 62.4 cm³/mol. The van der Waals surface area contributed by atoms with E-state index < -0.39 is 10.8 Å². The molecule has 0 atom stereocenters. The average Bonchev–Trinajstić information content (AvgIpc) is 2.39. The third-order valence-electron chi connectivity index (χ3n) is 2.66. The molecular weight excluding hydrogens is 240 g/mol. The van der Waals surface area contributed by atoms with Crippen LogP contribution in [0.3, 0.4) is 0 Å². The highest BCUT2D eigenvalue weighted by molar-refractivity contribution is 5.95. The van der Waals surface area contributed by atoms with Gasteiger partial charge in [-0.1, -0.05) is 0 Å². The van der Waals surface area contributed by atoms with Crippen molar-refractivity contribution in [2.24, 2.45) is 5.73 Å². The molecule has 96 valence electrons. The molecule has 18 heavy (non-hydrogen) atoms. The lowest BCUT2D eigenvalue weighted by Gasteiger charge is -2.28. The zero-order valence-corrected chi connectivity index (χ0v) is 9.54. The largest absolute Gasteiger partial charge is 0.378 e. The summed E-state index contributed by atoms with van der Waals surface area (Å²) in [7, 11) is 0. The summed E-state index contributed by atoms with van der Waals surface area (Å²) < 4.78 is 5.19. The Morgan fingerprint density at radius 1 is 1.50 bits per heavy atom. The van der Waals surface area contributed by atoms with Crippen LogP contribution < -0.4 is 10.6 Å². The molecule has 1 fully saturated rings. The van der Waals surface area contributed by atoms with Gasteiger partial charge in [-0.15, -0.1) is 0 Å². The molecule has 0 aromatic carbocycles. The summed E-state index contributed by atoms with van der Waals surface area (Å²) in [4.78, 5) is 26.9. The quantitative estimate of drug-likeness (QED) is 0.595. The van der Waals surface area contributed by atoms with Crippen LogP contribution in [0.2, 0.25) is 0 Å². The van der Waals surface area contributed by atoms with Crippen LogP contribution in [0.15, 0.2) is 12.3 Å². The molecular formula is C10H12N4O4. The fraction of sp³-hybridized carbons (Fsp3) is 0.400. The van der Waals surface area contributed by atoms with E-state index in [1.54, 1.807) is 0 Å². The number of pyridine rings is 1. The first-order valence-electron chi connectivity index (χ1n) is 5.36. The number of nitrogens with two attached hydrogens (primary N) is 1. The number of amides is 1. The Balaban J connectivity index is 2.36. The van der Waals surface area contributed by atoms with E-state index in [-0.39, 0.29) is 11.4 Å². The van der Waals surface area contributed by atoms with Gasteiger partial charge in [-0.2, -0.15) is 0 Å². The van der Waals surface area contributed by atoms with E-state index in [1.807, 2.05) is 4.90 Å². The highest BCUT2D eigenvalue weighted by atomic mass is 16.6. The van der Waals surface area contributed by atoms with E-state index in [0.717, 1.165) is 0 Å². The van der Waals surface area contributed by atoms with Gasteiger partial charge in [0.1, 0.15) is 0 Å². The van der Waals surface area contributed by atoms with Crippen LogP contribution in [-0.2, 0) is 4.74 Å². The van der Waals surface area contributed by atoms with Crippen molar-refractivity contribution >= 4 is 17.3 Å². The fourth-order valence-electron chi connectivity index (χ4n) is 1.77. The topological polar surface area (TPSA) is 112 Å². The van der Waals surface area contributed by atoms with Gasteiger partial charge in [-0.25, -0.2) is 4.98 Å². The number of carbonyl (C=O) groups is 1. The van der Waals surface area contributed by atoms with Gasteiger partial charge in [0.15, 0.2) is 0 Å². The molecule has 0 aliphatic carbocycles. The molecule has 1 aromatic rings. The van der Waals surface area contributed by atoms with Crippen LogP contribution in [0.4, 0.5) is 11.4 Å². The minimum Gasteiger partial charge on any atom is -0.378 e. The Morgan fingerprint density at radius 2 is 2.17 bits per heavy atom. The summed E-state index contributed by atoms with van der Waals surface area (Å²) in [5, 5.41) is 10.9. The van der Waals surface area contributed by atoms with E-state index >= 15 is 0 Å². The molecule has 0 saturated carbocycles. The molecule has 1 saturated heterocycles. The van der Waals surface area contributed by atoms with Crippen molar-refractivity contribution in [3.8, 4) is 0 Å². The molecule has 8 heteroatoms. The molecule has 1 amide bonds. The van der Waals surface area contributed by atoms with Gasteiger partial charge >= 0.3 is 5.69 Å². The summed E-state index contributed by atoms with van der Waals surface area (Å²) in [6.07, 6.45) is 1.42. The van der Waals surface area contributed by atoms with Crippen molar-refractivity contribution in [1.29, 1.82) is 0 Å². The predicted octanol–water partition coefficient (Wildman–Crippen LogP) is -0.0747. The molecule has 1 aromatic heterocycles. The number of anilines is 1. The van der Waals surface area contributed by atoms with Gasteiger partial charge in [-0.05, 0) is 0 Å². The molecule has 2 rings (SSSR count). The summed E-state index contributed by atoms with van der Waals surface area (Å²) in [6, 6.07) is 1.32. The lowest BCUT2D eigenvalue weighted by atomic mass is 10.2. The van der Waals surface area contributed by atoms with E-state index in [9.17, 15) is 14.9 Å². The number of hydrogen-bond acceptors (Lipinski definition) is 6. The lowest BCUT2D eigenvalue weighted by molar-refractivity contribution is -0.385. The molecule has 2 N–H and O–H groups in total. The number of primary amides is 1. The Kier molecular flexibility index (Phi) is 3.38. The van der Waals surface area contributed by atoms with Gasteiger partial charge in [0.25, 0.3) is 5.91 Å². The number of ether oxygens (including phenoxy) is 1. The molecule has 0 unspecified atom stereocenters. The molecule has 1 aliphatic heterocycles. The fourth-order valence-corrected chi connectivity index (χ4v) is 1.77. The lowest BCUT2D eigenvalue weighted by Crippen LogP contribution is -2.36. The van der Waals surface area contributed by atoms with E-state index in [0.29, 0.717) is 32.0 Å². The van der Waals surface area contributed by atoms with Crippen LogP contribution in [0.5, 0.6) is 0 Å². The first-order valence-corrected chi connectivity index (χ1v) is 5.36. The number of rotatable bonds is 3. The van der Waals surface area contributed by atoms with Crippen molar-refractivity contribution in [2.75, 3.05) is 31.2 Å². The Hall–Kier alpha value is -2.22. The Morgan fingerprint density at radius 3 is 2.72 bits per heavy atom. The summed E-state index contributed by atoms with van der Waals surface area (Å²) in [5.41, 5.74) is 4.94. The number of hydrogen-bond donors (Lipinski definition) is 1. The molecule has 0 radical (unpaired) electrons. The SMILES string of the molecule is NC(=O)c1ncc(N2CCOCC2)cc1[N+](=O)[O-]. The van der Waals surface area contributed by atoms with Crippen LogP contribution in [0.25, 0.3) is 0 Å². The highest BCUT2D eigenvalue weighted by Gasteiger charge is 2.22. The Bertz CT molecular complexity index is 485. The normalized spacial score (nSPS) is 15.4. The van der Waals surface area contributed by atoms with Gasteiger partial charge in [0.05, 0.1) is 30.0 Å². The van der Waals surface area contributed by atoms with Crippen molar-refractivity contribution in [1.82, 2.24) is 4.98 Å². The van der Waals surface area contributed by atoms with Gasteiger partial charge < -0.3 is 15.4 Å². The number of nitrogens with zero attached hydrogens (tertiary/aromatic N) is 3. The maximum atomic E-state index is 11.0. The first-order chi connectivity index (χ1) is 8.59. The zero-order chi connectivity index (χ0) is 13.1. The van der Waals surface area contributed by atoms with Gasteiger partial charge in [0.2, 0.25) is 5.69 Å². The van der Waals surface area contributed by atoms with Crippen molar-refractivity contribution in [3.63, 3.8) is 0 Å². The molecule has 0 spiro atoms. The zero-order valence-electron chi connectivity index (χ0n) is 9.54. The van der Waals surface area contributed by atoms with Crippen molar-refractivity contribution in [3.05, 3.63) is 28.1 Å². The van der Waals surface area contributed by atoms with Crippen molar-refractivity contribution < 1.29 is 14.5 Å². The Labute approximate surface area is 102 Å². The standard InChI is InChI=1S/C10H12N4O4/c11-10(15)9-8(14(16)17)5-7(6-12-9)13-1-3-18-4-2-13/h5-6H,1-4H2,(H2,11,15). The molecule has 8 nitrogen and oxygen atoms in total. The van der Waals surface area contributed by atoms with Crippen LogP contribution in [-0.4, -0.2) is 42.1 Å². The van der Waals surface area contributed by atoms with Crippen molar-refractivity contribution in [2.45, 2.75) is 0 Å².